The van der Waals surface area contributed by atoms with Crippen LogP contribution in [-0.2, 0) is 0 Å². The molecule has 0 saturated carbocycles. The number of hydrogen-bond acceptors (Lipinski definition) is 2. The Balaban J connectivity index is 2.76. The first-order chi connectivity index (χ1) is 8.06. The van der Waals surface area contributed by atoms with E-state index in [2.05, 4.69) is 30.3 Å². The molecule has 0 saturated heterocycles. The van der Waals surface area contributed by atoms with Crippen molar-refractivity contribution >= 4 is 22.6 Å². The van der Waals surface area contributed by atoms with E-state index in [-0.39, 0.29) is 6.04 Å². The van der Waals surface area contributed by atoms with Crippen molar-refractivity contribution < 1.29 is 0 Å². The molecule has 17 heavy (non-hydrogen) atoms. The summed E-state index contributed by atoms with van der Waals surface area (Å²) >= 11 is 6.27. The molecule has 1 heterocycles. The van der Waals surface area contributed by atoms with Gasteiger partial charge in [0.15, 0.2) is 0 Å². The van der Waals surface area contributed by atoms with E-state index in [0.29, 0.717) is 6.04 Å². The normalized spacial score (nSPS) is 13.5. The van der Waals surface area contributed by atoms with Gasteiger partial charge in [-0.15, -0.1) is 0 Å². The van der Waals surface area contributed by atoms with E-state index in [1.165, 1.54) is 0 Å². The topological polar surface area (TPSA) is 43.8 Å². The van der Waals surface area contributed by atoms with Crippen molar-refractivity contribution in [3.63, 3.8) is 0 Å². The van der Waals surface area contributed by atoms with Crippen molar-refractivity contribution in [3.05, 3.63) is 29.0 Å². The van der Waals surface area contributed by atoms with Crippen LogP contribution in [-0.4, -0.2) is 9.55 Å². The fraction of sp³-hybridized carbons (Fsp3) is 0.462. The first-order valence-electron chi connectivity index (χ1n) is 5.98. The molecule has 0 fully saturated rings. The number of rotatable bonds is 3. The van der Waals surface area contributed by atoms with Gasteiger partial charge >= 0.3 is 0 Å². The number of fused-ring (bicyclic) bond motifs is 1. The highest BCUT2D eigenvalue weighted by molar-refractivity contribution is 6.35. The minimum absolute atomic E-state index is 0.0409. The lowest BCUT2D eigenvalue weighted by Gasteiger charge is -2.16. The number of aromatic nitrogens is 2. The highest BCUT2D eigenvalue weighted by Crippen LogP contribution is 2.30. The van der Waals surface area contributed by atoms with Crippen LogP contribution in [0.1, 0.15) is 45.1 Å². The van der Waals surface area contributed by atoms with Crippen LogP contribution in [0.25, 0.3) is 11.0 Å². The molecule has 92 valence electrons. The van der Waals surface area contributed by atoms with E-state index in [1.807, 2.05) is 18.2 Å². The molecule has 0 bridgehead atoms. The number of imidazole rings is 1. The van der Waals surface area contributed by atoms with Crippen LogP contribution in [0, 0.1) is 0 Å². The zero-order valence-electron chi connectivity index (χ0n) is 10.4. The fourth-order valence-electron chi connectivity index (χ4n) is 2.09. The third-order valence-corrected chi connectivity index (χ3v) is 3.28. The Bertz CT molecular complexity index is 531. The van der Waals surface area contributed by atoms with Crippen LogP contribution >= 0.6 is 11.6 Å². The lowest BCUT2D eigenvalue weighted by atomic mass is 10.2. The smallest absolute Gasteiger partial charge is 0.127 e. The average Bonchev–Trinajstić information content (AvgIpc) is 2.68. The molecule has 0 aliphatic carbocycles. The zero-order chi connectivity index (χ0) is 12.6. The highest BCUT2D eigenvalue weighted by atomic mass is 35.5. The summed E-state index contributed by atoms with van der Waals surface area (Å²) < 4.78 is 2.14. The van der Waals surface area contributed by atoms with E-state index >= 15 is 0 Å². The lowest BCUT2D eigenvalue weighted by molar-refractivity contribution is 0.535. The quantitative estimate of drug-likeness (QED) is 0.904. The van der Waals surface area contributed by atoms with Gasteiger partial charge in [0.2, 0.25) is 0 Å². The molecular formula is C13H18ClN3. The second kappa shape index (κ2) is 4.67. The van der Waals surface area contributed by atoms with Crippen LogP contribution in [0.15, 0.2) is 18.2 Å². The summed E-state index contributed by atoms with van der Waals surface area (Å²) in [5, 5.41) is 0.734. The minimum Gasteiger partial charge on any atom is -0.323 e. The molecule has 0 aliphatic rings. The summed E-state index contributed by atoms with van der Waals surface area (Å²) in [5.74, 6) is 0.922. The predicted octanol–water partition coefficient (Wildman–Crippen LogP) is 3.68. The Morgan fingerprint density at radius 1 is 1.41 bits per heavy atom. The van der Waals surface area contributed by atoms with E-state index in [0.717, 1.165) is 28.3 Å². The maximum absolute atomic E-state index is 6.27. The highest BCUT2D eigenvalue weighted by Gasteiger charge is 2.19. The van der Waals surface area contributed by atoms with Crippen molar-refractivity contribution in [2.75, 3.05) is 0 Å². The van der Waals surface area contributed by atoms with Crippen molar-refractivity contribution in [1.82, 2.24) is 9.55 Å². The van der Waals surface area contributed by atoms with Gasteiger partial charge in [0.25, 0.3) is 0 Å². The summed E-state index contributed by atoms with van der Waals surface area (Å²) in [6.07, 6.45) is 0.869. The Morgan fingerprint density at radius 3 is 2.71 bits per heavy atom. The SMILES string of the molecule is CCC(N)c1nc2cccc(Cl)c2n1C(C)C. The van der Waals surface area contributed by atoms with Crippen LogP contribution < -0.4 is 5.73 Å². The van der Waals surface area contributed by atoms with Gasteiger partial charge in [-0.3, -0.25) is 0 Å². The number of nitrogens with two attached hydrogens (primary N) is 1. The van der Waals surface area contributed by atoms with E-state index < -0.39 is 0 Å². The van der Waals surface area contributed by atoms with Crippen LogP contribution in [0.2, 0.25) is 5.02 Å². The molecule has 1 aromatic carbocycles. The molecule has 2 rings (SSSR count). The first kappa shape index (κ1) is 12.4. The molecule has 0 spiro atoms. The average molecular weight is 252 g/mol. The third-order valence-electron chi connectivity index (χ3n) is 2.98. The summed E-state index contributed by atoms with van der Waals surface area (Å²) in [5.41, 5.74) is 8.03. The molecule has 2 N–H and O–H groups in total. The minimum atomic E-state index is -0.0409. The van der Waals surface area contributed by atoms with Gasteiger partial charge in [-0.25, -0.2) is 4.98 Å². The molecule has 4 heteroatoms. The molecule has 0 amide bonds. The maximum atomic E-state index is 6.27. The Kier molecular flexibility index (Phi) is 3.40. The third kappa shape index (κ3) is 2.05. The predicted molar refractivity (Wildman–Crippen MR) is 72.3 cm³/mol. The van der Waals surface area contributed by atoms with Gasteiger partial charge in [-0.2, -0.15) is 0 Å². The number of nitrogens with zero attached hydrogens (tertiary/aromatic N) is 2. The van der Waals surface area contributed by atoms with E-state index in [1.54, 1.807) is 0 Å². The Hall–Kier alpha value is -1.06. The second-order valence-corrected chi connectivity index (χ2v) is 4.96. The molecule has 1 aromatic heterocycles. The van der Waals surface area contributed by atoms with E-state index in [4.69, 9.17) is 17.3 Å². The molecule has 0 aliphatic heterocycles. The summed E-state index contributed by atoms with van der Waals surface area (Å²) in [6.45, 7) is 6.31. The van der Waals surface area contributed by atoms with E-state index in [9.17, 15) is 0 Å². The summed E-state index contributed by atoms with van der Waals surface area (Å²) in [7, 11) is 0. The largest absolute Gasteiger partial charge is 0.323 e. The van der Waals surface area contributed by atoms with Gasteiger partial charge < -0.3 is 10.3 Å². The Labute approximate surface area is 107 Å². The molecular weight excluding hydrogens is 234 g/mol. The second-order valence-electron chi connectivity index (χ2n) is 4.56. The fourth-order valence-corrected chi connectivity index (χ4v) is 2.35. The lowest BCUT2D eigenvalue weighted by Crippen LogP contribution is -2.17. The number of para-hydroxylation sites is 1. The van der Waals surface area contributed by atoms with Crippen molar-refractivity contribution in [1.29, 1.82) is 0 Å². The van der Waals surface area contributed by atoms with Crippen molar-refractivity contribution in [2.24, 2.45) is 5.73 Å². The number of benzene rings is 1. The van der Waals surface area contributed by atoms with Gasteiger partial charge in [-0.1, -0.05) is 24.6 Å². The van der Waals surface area contributed by atoms with Gasteiger partial charge in [0, 0.05) is 6.04 Å². The molecule has 3 nitrogen and oxygen atoms in total. The summed E-state index contributed by atoms with van der Waals surface area (Å²) in [4.78, 5) is 4.62. The number of hydrogen-bond donors (Lipinski definition) is 1. The van der Waals surface area contributed by atoms with Gasteiger partial charge in [-0.05, 0) is 32.4 Å². The van der Waals surface area contributed by atoms with Crippen LogP contribution in [0.5, 0.6) is 0 Å². The Morgan fingerprint density at radius 2 is 2.12 bits per heavy atom. The van der Waals surface area contributed by atoms with Gasteiger partial charge in [0.05, 0.1) is 22.1 Å². The van der Waals surface area contributed by atoms with Crippen molar-refractivity contribution in [2.45, 2.75) is 39.3 Å². The molecule has 1 atom stereocenters. The van der Waals surface area contributed by atoms with Crippen molar-refractivity contribution in [3.8, 4) is 0 Å². The monoisotopic (exact) mass is 251 g/mol. The molecule has 2 aromatic rings. The molecule has 0 radical (unpaired) electrons. The summed E-state index contributed by atoms with van der Waals surface area (Å²) in [6, 6.07) is 6.05. The van der Waals surface area contributed by atoms with Crippen LogP contribution in [0.3, 0.4) is 0 Å². The first-order valence-corrected chi connectivity index (χ1v) is 6.36. The maximum Gasteiger partial charge on any atom is 0.127 e. The zero-order valence-corrected chi connectivity index (χ0v) is 11.2. The van der Waals surface area contributed by atoms with Crippen LogP contribution in [0.4, 0.5) is 0 Å². The molecule has 1 unspecified atom stereocenters. The number of halogens is 1. The van der Waals surface area contributed by atoms with Gasteiger partial charge in [0.1, 0.15) is 5.82 Å². The standard InChI is InChI=1S/C13H18ClN3/c1-4-10(15)13-16-11-7-5-6-9(14)12(11)17(13)8(2)3/h5-8,10H,4,15H2,1-3H3.